The Balaban J connectivity index is 2.18. The van der Waals surface area contributed by atoms with Crippen LogP contribution in [0, 0.1) is 35.5 Å². The van der Waals surface area contributed by atoms with Crippen molar-refractivity contribution in [1.82, 2.24) is 0 Å². The molecule has 1 spiro atoms. The molecule has 3 unspecified atom stereocenters. The fourth-order valence-corrected chi connectivity index (χ4v) is 4.00. The van der Waals surface area contributed by atoms with Crippen LogP contribution in [0.3, 0.4) is 0 Å². The third-order valence-corrected chi connectivity index (χ3v) is 5.71. The lowest BCUT2D eigenvalue weighted by molar-refractivity contribution is -0.133. The highest BCUT2D eigenvalue weighted by molar-refractivity contribution is 5.17. The second-order valence-electron chi connectivity index (χ2n) is 6.73. The van der Waals surface area contributed by atoms with Crippen molar-refractivity contribution in [3.8, 4) is 12.3 Å². The summed E-state index contributed by atoms with van der Waals surface area (Å²) in [6, 6.07) is 0. The first-order valence-corrected chi connectivity index (χ1v) is 7.89. The highest BCUT2D eigenvalue weighted by atomic mass is 16.5. The number of hydrogen-bond acceptors (Lipinski definition) is 2. The van der Waals surface area contributed by atoms with Gasteiger partial charge in [-0.3, -0.25) is 0 Å². The minimum atomic E-state index is -0.362. The number of aliphatic hydroxyl groups is 1. The highest BCUT2D eigenvalue weighted by Crippen LogP contribution is 2.65. The van der Waals surface area contributed by atoms with E-state index in [0.717, 1.165) is 19.3 Å². The maximum atomic E-state index is 10.7. The number of rotatable bonds is 5. The van der Waals surface area contributed by atoms with Gasteiger partial charge in [0, 0.05) is 12.3 Å². The Labute approximate surface area is 123 Å². The van der Waals surface area contributed by atoms with Gasteiger partial charge in [-0.1, -0.05) is 19.9 Å². The molecular weight excluding hydrogens is 248 g/mol. The number of aliphatic hydroxyl groups excluding tert-OH is 1. The van der Waals surface area contributed by atoms with Gasteiger partial charge >= 0.3 is 0 Å². The molecule has 20 heavy (non-hydrogen) atoms. The number of ether oxygens (including phenoxy) is 1. The van der Waals surface area contributed by atoms with E-state index < -0.39 is 0 Å². The summed E-state index contributed by atoms with van der Waals surface area (Å²) in [5.41, 5.74) is 0.199. The van der Waals surface area contributed by atoms with E-state index >= 15 is 0 Å². The van der Waals surface area contributed by atoms with E-state index in [9.17, 15) is 5.11 Å². The Morgan fingerprint density at radius 2 is 2.25 bits per heavy atom. The molecule has 0 amide bonds. The molecule has 0 aliphatic heterocycles. The van der Waals surface area contributed by atoms with E-state index in [1.165, 1.54) is 0 Å². The SMILES string of the molecule is C#CC[C@@H]1[C@@H](O)[C@@H](C)C2(CC2C=C)C[C@H]1OC(C)CC. The fraction of sp³-hybridized carbons (Fsp3) is 0.778. The maximum Gasteiger partial charge on any atom is 0.0646 e. The average Bonchev–Trinajstić information content (AvgIpc) is 3.15. The first-order chi connectivity index (χ1) is 9.50. The average molecular weight is 276 g/mol. The summed E-state index contributed by atoms with van der Waals surface area (Å²) in [4.78, 5) is 0. The van der Waals surface area contributed by atoms with Crippen LogP contribution in [-0.4, -0.2) is 23.4 Å². The monoisotopic (exact) mass is 276 g/mol. The van der Waals surface area contributed by atoms with E-state index in [1.807, 2.05) is 6.08 Å². The van der Waals surface area contributed by atoms with E-state index in [2.05, 4.69) is 33.3 Å². The van der Waals surface area contributed by atoms with Gasteiger partial charge in [0.1, 0.15) is 0 Å². The molecule has 0 heterocycles. The molecule has 0 aromatic rings. The number of allylic oxidation sites excluding steroid dienone is 1. The zero-order valence-electron chi connectivity index (χ0n) is 13.0. The Kier molecular flexibility index (Phi) is 4.62. The molecule has 2 aliphatic rings. The zero-order chi connectivity index (χ0) is 14.9. The standard InChI is InChI=1S/C18H28O2/c1-6-9-15-16(20-12(4)7-2)11-18(10-14(18)8-3)13(5)17(15)19/h1,8,12-17,19H,3,7,9-11H2,2,4-5H3/t12?,13-,14?,15+,16-,17+,18?/m1/s1. The van der Waals surface area contributed by atoms with Crippen LogP contribution < -0.4 is 0 Å². The van der Waals surface area contributed by atoms with Gasteiger partial charge in [-0.05, 0) is 43.4 Å². The molecule has 2 heteroatoms. The van der Waals surface area contributed by atoms with Gasteiger partial charge in [-0.2, -0.15) is 0 Å². The van der Waals surface area contributed by atoms with E-state index in [1.54, 1.807) is 0 Å². The largest absolute Gasteiger partial charge is 0.392 e. The molecule has 2 aliphatic carbocycles. The van der Waals surface area contributed by atoms with Gasteiger partial charge in [0.15, 0.2) is 0 Å². The van der Waals surface area contributed by atoms with Gasteiger partial charge in [-0.15, -0.1) is 18.9 Å². The summed E-state index contributed by atoms with van der Waals surface area (Å²) < 4.78 is 6.20. The molecule has 7 atom stereocenters. The lowest BCUT2D eigenvalue weighted by atomic mass is 9.67. The van der Waals surface area contributed by atoms with Crippen LogP contribution in [0.15, 0.2) is 12.7 Å². The molecular formula is C18H28O2. The second-order valence-corrected chi connectivity index (χ2v) is 6.73. The molecule has 2 rings (SSSR count). The molecule has 112 valence electrons. The van der Waals surface area contributed by atoms with Gasteiger partial charge in [0.05, 0.1) is 18.3 Å². The first-order valence-electron chi connectivity index (χ1n) is 7.89. The van der Waals surface area contributed by atoms with Crippen molar-refractivity contribution in [2.45, 2.75) is 64.8 Å². The molecule has 1 N–H and O–H groups in total. The maximum absolute atomic E-state index is 10.7. The van der Waals surface area contributed by atoms with Crippen molar-refractivity contribution in [3.63, 3.8) is 0 Å². The van der Waals surface area contributed by atoms with Crippen LogP contribution in [-0.2, 0) is 4.74 Å². The molecule has 0 bridgehead atoms. The minimum absolute atomic E-state index is 0.0701. The van der Waals surface area contributed by atoms with Crippen molar-refractivity contribution in [2.24, 2.45) is 23.2 Å². The fourth-order valence-electron chi connectivity index (χ4n) is 4.00. The molecule has 0 aromatic carbocycles. The summed E-state index contributed by atoms with van der Waals surface area (Å²) in [5.74, 6) is 3.60. The Hall–Kier alpha value is -0.780. The second kappa shape index (κ2) is 5.92. The summed E-state index contributed by atoms with van der Waals surface area (Å²) in [7, 11) is 0. The third-order valence-electron chi connectivity index (χ3n) is 5.71. The van der Waals surface area contributed by atoms with Gasteiger partial charge in [-0.25, -0.2) is 0 Å². The molecule has 2 saturated carbocycles. The van der Waals surface area contributed by atoms with E-state index in [-0.39, 0.29) is 35.6 Å². The summed E-state index contributed by atoms with van der Waals surface area (Å²) in [6.45, 7) is 10.3. The van der Waals surface area contributed by atoms with Crippen LogP contribution in [0.2, 0.25) is 0 Å². The van der Waals surface area contributed by atoms with E-state index in [4.69, 9.17) is 11.2 Å². The van der Waals surface area contributed by atoms with Crippen LogP contribution in [0.1, 0.15) is 46.5 Å². The Morgan fingerprint density at radius 3 is 2.75 bits per heavy atom. The molecule has 2 nitrogen and oxygen atoms in total. The number of terminal acetylenes is 1. The lowest BCUT2D eigenvalue weighted by Crippen LogP contribution is -2.49. The molecule has 0 saturated heterocycles. The predicted octanol–water partition coefficient (Wildman–Crippen LogP) is 3.40. The quantitative estimate of drug-likeness (QED) is 0.616. The van der Waals surface area contributed by atoms with E-state index in [0.29, 0.717) is 12.3 Å². The lowest BCUT2D eigenvalue weighted by Gasteiger charge is -2.45. The predicted molar refractivity (Wildman–Crippen MR) is 82.1 cm³/mol. The smallest absolute Gasteiger partial charge is 0.0646 e. The van der Waals surface area contributed by atoms with Gasteiger partial charge in [0.2, 0.25) is 0 Å². The summed E-state index contributed by atoms with van der Waals surface area (Å²) in [6.07, 6.45) is 11.2. The first kappa shape index (κ1) is 15.6. The van der Waals surface area contributed by atoms with Crippen LogP contribution in [0.4, 0.5) is 0 Å². The van der Waals surface area contributed by atoms with Crippen LogP contribution in [0.25, 0.3) is 0 Å². The van der Waals surface area contributed by atoms with Crippen LogP contribution in [0.5, 0.6) is 0 Å². The van der Waals surface area contributed by atoms with Crippen molar-refractivity contribution < 1.29 is 9.84 Å². The highest BCUT2D eigenvalue weighted by Gasteiger charge is 2.62. The van der Waals surface area contributed by atoms with Crippen molar-refractivity contribution in [1.29, 1.82) is 0 Å². The van der Waals surface area contributed by atoms with Gasteiger partial charge in [0.25, 0.3) is 0 Å². The molecule has 0 aromatic heterocycles. The molecule has 2 fully saturated rings. The summed E-state index contributed by atoms with van der Waals surface area (Å²) in [5, 5.41) is 10.7. The van der Waals surface area contributed by atoms with Crippen molar-refractivity contribution in [3.05, 3.63) is 12.7 Å². The topological polar surface area (TPSA) is 29.5 Å². The Bertz CT molecular complexity index is 397. The minimum Gasteiger partial charge on any atom is -0.392 e. The van der Waals surface area contributed by atoms with Gasteiger partial charge < -0.3 is 9.84 Å². The Morgan fingerprint density at radius 1 is 1.55 bits per heavy atom. The normalized spacial score (nSPS) is 44.9. The summed E-state index contributed by atoms with van der Waals surface area (Å²) >= 11 is 0. The zero-order valence-corrected chi connectivity index (χ0v) is 13.0. The van der Waals surface area contributed by atoms with Crippen molar-refractivity contribution >= 4 is 0 Å². The van der Waals surface area contributed by atoms with Crippen LogP contribution >= 0.6 is 0 Å². The number of hydrogen-bond donors (Lipinski definition) is 1. The van der Waals surface area contributed by atoms with Crippen molar-refractivity contribution in [2.75, 3.05) is 0 Å². The molecule has 0 radical (unpaired) electrons. The third kappa shape index (κ3) is 2.54.